The van der Waals surface area contributed by atoms with Gasteiger partial charge in [-0.15, -0.1) is 12.6 Å². The maximum atomic E-state index is 5.65. The number of para-hydroxylation sites is 1. The highest BCUT2D eigenvalue weighted by atomic mass is 32.1. The zero-order valence-electron chi connectivity index (χ0n) is 37.5. The summed E-state index contributed by atoms with van der Waals surface area (Å²) in [4.78, 5) is 11.8. The summed E-state index contributed by atoms with van der Waals surface area (Å²) in [6, 6.07) is 46.8. The summed E-state index contributed by atoms with van der Waals surface area (Å²) >= 11 is 5.31. The fraction of sp³-hybridized carbons (Fsp3) is 0.286. The van der Waals surface area contributed by atoms with Gasteiger partial charge in [0.25, 0.3) is 0 Å². The predicted octanol–water partition coefficient (Wildman–Crippen LogP) is 15.7. The summed E-state index contributed by atoms with van der Waals surface area (Å²) in [5.41, 5.74) is 16.7. The van der Waals surface area contributed by atoms with Crippen molar-refractivity contribution in [2.24, 2.45) is 0 Å². The molecule has 0 aliphatic heterocycles. The molecular weight excluding hydrogens is 747 g/mol. The molecule has 0 fully saturated rings. The number of hydrogen-bond acceptors (Lipinski definition) is 3. The number of imidazole rings is 1. The molecule has 0 aliphatic rings. The second kappa shape index (κ2) is 14.9. The molecule has 2 heterocycles. The lowest BCUT2D eigenvalue weighted by Crippen LogP contribution is -2.13. The summed E-state index contributed by atoms with van der Waals surface area (Å²) in [5.74, 6) is 0.887. The molecule has 0 bridgehead atoms. The Morgan fingerprint density at radius 2 is 1.07 bits per heavy atom. The smallest absolute Gasteiger partial charge is 0.145 e. The van der Waals surface area contributed by atoms with Crippen molar-refractivity contribution in [3.63, 3.8) is 0 Å². The molecule has 4 heteroatoms. The summed E-state index contributed by atoms with van der Waals surface area (Å²) in [6.45, 7) is 27.2. The minimum atomic E-state index is -0.123. The normalized spacial score (nSPS) is 12.8. The van der Waals surface area contributed by atoms with Crippen LogP contribution in [0.3, 0.4) is 0 Å². The van der Waals surface area contributed by atoms with Crippen molar-refractivity contribution in [2.75, 3.05) is 0 Å². The fourth-order valence-corrected chi connectivity index (χ4v) is 8.81. The van der Waals surface area contributed by atoms with Crippen molar-refractivity contribution < 1.29 is 0 Å². The molecule has 3 nitrogen and oxygen atoms in total. The maximum absolute atomic E-state index is 5.65. The zero-order valence-corrected chi connectivity index (χ0v) is 38.4. The van der Waals surface area contributed by atoms with Crippen molar-refractivity contribution in [3.05, 3.63) is 156 Å². The minimum Gasteiger partial charge on any atom is -0.292 e. The Morgan fingerprint density at radius 1 is 0.450 bits per heavy atom. The third-order valence-corrected chi connectivity index (χ3v) is 12.4. The van der Waals surface area contributed by atoms with Crippen molar-refractivity contribution in [1.29, 1.82) is 0 Å². The van der Waals surface area contributed by atoms with Crippen molar-refractivity contribution >= 4 is 34.6 Å². The van der Waals surface area contributed by atoms with Gasteiger partial charge in [-0.1, -0.05) is 156 Å². The first-order chi connectivity index (χ1) is 28.2. The van der Waals surface area contributed by atoms with Crippen LogP contribution in [0.1, 0.15) is 105 Å². The lowest BCUT2D eigenvalue weighted by molar-refractivity contribution is 0.579. The Balaban J connectivity index is 1.39. The van der Waals surface area contributed by atoms with Gasteiger partial charge in [0.05, 0.1) is 16.6 Å². The quantitative estimate of drug-likeness (QED) is 0.176. The number of thiol groups is 1. The molecule has 304 valence electrons. The Kier molecular flexibility index (Phi) is 10.3. The molecule has 0 unspecified atom stereocenters. The van der Waals surface area contributed by atoms with Gasteiger partial charge in [0.15, 0.2) is 0 Å². The number of pyridine rings is 1. The summed E-state index contributed by atoms with van der Waals surface area (Å²) in [7, 11) is 0. The molecular formula is C56H59N3S. The van der Waals surface area contributed by atoms with E-state index in [1.807, 2.05) is 0 Å². The summed E-state index contributed by atoms with van der Waals surface area (Å²) in [5, 5.41) is 1.17. The van der Waals surface area contributed by atoms with Gasteiger partial charge in [0, 0.05) is 38.9 Å². The molecule has 0 saturated heterocycles. The number of benzene rings is 6. The maximum Gasteiger partial charge on any atom is 0.145 e. The van der Waals surface area contributed by atoms with E-state index >= 15 is 0 Å². The molecule has 0 radical (unpaired) electrons. The van der Waals surface area contributed by atoms with Gasteiger partial charge in [-0.3, -0.25) is 9.55 Å². The van der Waals surface area contributed by atoms with E-state index in [4.69, 9.17) is 22.6 Å². The highest BCUT2D eigenvalue weighted by Crippen LogP contribution is 2.44. The van der Waals surface area contributed by atoms with Gasteiger partial charge in [0.1, 0.15) is 5.82 Å². The van der Waals surface area contributed by atoms with Crippen LogP contribution in [0.25, 0.3) is 72.4 Å². The number of hydrogen-bond donors (Lipinski definition) is 1. The lowest BCUT2D eigenvalue weighted by Gasteiger charge is -2.24. The van der Waals surface area contributed by atoms with E-state index in [1.165, 1.54) is 38.8 Å². The van der Waals surface area contributed by atoms with Crippen LogP contribution in [-0.4, -0.2) is 14.5 Å². The average molecular weight is 806 g/mol. The highest BCUT2D eigenvalue weighted by Gasteiger charge is 2.26. The predicted molar refractivity (Wildman–Crippen MR) is 260 cm³/mol. The summed E-state index contributed by atoms with van der Waals surface area (Å²) in [6.07, 6.45) is 2.06. The van der Waals surface area contributed by atoms with Gasteiger partial charge in [-0.05, 0) is 121 Å². The Morgan fingerprint density at radius 3 is 1.72 bits per heavy atom. The second-order valence-electron chi connectivity index (χ2n) is 20.7. The molecule has 0 aliphatic carbocycles. The third-order valence-electron chi connectivity index (χ3n) is 11.9. The van der Waals surface area contributed by atoms with E-state index in [0.717, 1.165) is 60.8 Å². The lowest BCUT2D eigenvalue weighted by atomic mass is 9.82. The molecule has 0 atom stereocenters. The molecule has 6 aromatic carbocycles. The Labute approximate surface area is 363 Å². The van der Waals surface area contributed by atoms with Gasteiger partial charge >= 0.3 is 0 Å². The monoisotopic (exact) mass is 805 g/mol. The van der Waals surface area contributed by atoms with Gasteiger partial charge in [0.2, 0.25) is 0 Å². The first kappa shape index (κ1) is 41.3. The van der Waals surface area contributed by atoms with E-state index in [0.29, 0.717) is 0 Å². The molecule has 0 saturated carbocycles. The molecule has 2 aromatic heterocycles. The topological polar surface area (TPSA) is 30.7 Å². The van der Waals surface area contributed by atoms with Crippen LogP contribution in [0.15, 0.2) is 138 Å². The largest absolute Gasteiger partial charge is 0.292 e. The highest BCUT2D eigenvalue weighted by molar-refractivity contribution is 7.80. The van der Waals surface area contributed by atoms with E-state index in [2.05, 4.69) is 221 Å². The summed E-state index contributed by atoms with van der Waals surface area (Å²) < 4.78 is 2.34. The van der Waals surface area contributed by atoms with Gasteiger partial charge in [-0.2, -0.15) is 0 Å². The van der Waals surface area contributed by atoms with Gasteiger partial charge in [-0.25, -0.2) is 4.98 Å². The Hall–Kier alpha value is -5.45. The van der Waals surface area contributed by atoms with Crippen LogP contribution in [0.4, 0.5) is 0 Å². The first-order valence-corrected chi connectivity index (χ1v) is 21.7. The second-order valence-corrected chi connectivity index (χ2v) is 21.1. The number of nitrogens with zero attached hydrogens (tertiary/aromatic N) is 3. The molecule has 8 rings (SSSR count). The van der Waals surface area contributed by atoms with Crippen LogP contribution < -0.4 is 0 Å². The zero-order chi connectivity index (χ0) is 42.9. The van der Waals surface area contributed by atoms with E-state index < -0.39 is 0 Å². The minimum absolute atomic E-state index is 0.00701. The van der Waals surface area contributed by atoms with Crippen molar-refractivity contribution in [2.45, 2.75) is 110 Å². The van der Waals surface area contributed by atoms with E-state index in [9.17, 15) is 0 Å². The Bertz CT molecular complexity index is 2880. The standard InChI is InChI=1S/C56H59N3S/c1-53(2,3)40-24-26-43(27-25-40)59-48-23-17-22-44(46-31-38(35-18-14-13-15-19-35)32-47(51(46)60)56(10,11)12)50(48)58-52(59)37-21-16-20-36(28-37)45-33-41(54(4,5)6)29-39-30-42(55(7,8)9)34-57-49(39)45/h13-34,60H,1-12H3. The van der Waals surface area contributed by atoms with Crippen LogP contribution in [0.5, 0.6) is 0 Å². The molecule has 0 N–H and O–H groups in total. The van der Waals surface area contributed by atoms with Crippen LogP contribution >= 0.6 is 12.6 Å². The van der Waals surface area contributed by atoms with Crippen molar-refractivity contribution in [3.8, 4) is 50.5 Å². The van der Waals surface area contributed by atoms with Crippen LogP contribution in [0.2, 0.25) is 0 Å². The van der Waals surface area contributed by atoms with Crippen LogP contribution in [-0.2, 0) is 21.7 Å². The van der Waals surface area contributed by atoms with E-state index in [1.54, 1.807) is 0 Å². The number of fused-ring (bicyclic) bond motifs is 2. The third kappa shape index (κ3) is 7.83. The van der Waals surface area contributed by atoms with Gasteiger partial charge < -0.3 is 0 Å². The SMILES string of the molecule is CC(C)(C)c1ccc(-n2c(-c3cccc(-c4cc(C(C)(C)C)cc5cc(C(C)(C)C)cnc45)c3)nc3c(-c4cc(-c5ccccc5)cc(C(C)(C)C)c4S)cccc32)cc1. The van der Waals surface area contributed by atoms with Crippen LogP contribution in [0, 0.1) is 0 Å². The molecule has 0 spiro atoms. The van der Waals surface area contributed by atoms with E-state index in [-0.39, 0.29) is 21.7 Å². The number of aromatic nitrogens is 3. The fourth-order valence-electron chi connectivity index (χ4n) is 8.23. The average Bonchev–Trinajstić information content (AvgIpc) is 3.59. The first-order valence-electron chi connectivity index (χ1n) is 21.3. The molecule has 8 aromatic rings. The number of rotatable bonds is 5. The molecule has 60 heavy (non-hydrogen) atoms. The van der Waals surface area contributed by atoms with Crippen molar-refractivity contribution in [1.82, 2.24) is 14.5 Å². The molecule has 0 amide bonds.